The number of rotatable bonds is 5. The average molecular weight is 496 g/mol. The van der Waals surface area contributed by atoms with E-state index in [1.807, 2.05) is 0 Å². The van der Waals surface area contributed by atoms with Gasteiger partial charge in [0.05, 0.1) is 11.3 Å². The second kappa shape index (κ2) is 9.32. The summed E-state index contributed by atoms with van der Waals surface area (Å²) in [5.74, 6) is -0.794. The molecule has 3 rings (SSSR count). The number of phenolic OH excluding ortho intramolecular Hbond substituents is 1. The Bertz CT molecular complexity index is 928. The number of piperidine rings is 1. The number of halogens is 2. The molecule has 7 nitrogen and oxygen atoms in total. The van der Waals surface area contributed by atoms with Gasteiger partial charge in [0.25, 0.3) is 5.91 Å². The van der Waals surface area contributed by atoms with Gasteiger partial charge in [0.15, 0.2) is 0 Å². The number of anilines is 2. The predicted molar refractivity (Wildman–Crippen MR) is 121 cm³/mol. The number of para-hydroxylation sites is 1. The van der Waals surface area contributed by atoms with E-state index in [1.165, 1.54) is 18.2 Å². The number of nitrogens with zero attached hydrogens (tertiary/aromatic N) is 2. The van der Waals surface area contributed by atoms with Gasteiger partial charge in [-0.25, -0.2) is 4.98 Å². The first-order valence-corrected chi connectivity index (χ1v) is 10.9. The van der Waals surface area contributed by atoms with E-state index in [0.29, 0.717) is 37.8 Å². The van der Waals surface area contributed by atoms with Crippen molar-refractivity contribution in [1.29, 1.82) is 0 Å². The third-order valence-electron chi connectivity index (χ3n) is 5.22. The van der Waals surface area contributed by atoms with Crippen molar-refractivity contribution in [3.63, 3.8) is 0 Å². The smallest absolute Gasteiger partial charge is 0.259 e. The van der Waals surface area contributed by atoms with Crippen LogP contribution in [0.5, 0.6) is 5.75 Å². The van der Waals surface area contributed by atoms with E-state index in [-0.39, 0.29) is 17.0 Å². The van der Waals surface area contributed by atoms with E-state index in [4.69, 9.17) is 11.6 Å². The van der Waals surface area contributed by atoms with Crippen molar-refractivity contribution < 1.29 is 14.7 Å². The zero-order chi connectivity index (χ0) is 21.9. The van der Waals surface area contributed by atoms with E-state index >= 15 is 0 Å². The Kier molecular flexibility index (Phi) is 7.00. The molecule has 0 atom stereocenters. The number of benzene rings is 1. The fourth-order valence-electron chi connectivity index (χ4n) is 3.34. The zero-order valence-electron chi connectivity index (χ0n) is 16.8. The van der Waals surface area contributed by atoms with Crippen LogP contribution in [0.25, 0.3) is 0 Å². The van der Waals surface area contributed by atoms with Gasteiger partial charge in [-0.3, -0.25) is 9.59 Å². The summed E-state index contributed by atoms with van der Waals surface area (Å²) in [4.78, 5) is 31.0. The molecule has 0 unspecified atom stereocenters. The molecule has 2 heterocycles. The molecule has 0 spiro atoms. The summed E-state index contributed by atoms with van der Waals surface area (Å²) >= 11 is 9.93. The molecule has 0 bridgehead atoms. The minimum absolute atomic E-state index is 0.0309. The van der Waals surface area contributed by atoms with Crippen LogP contribution in [0.1, 0.15) is 37.0 Å². The van der Waals surface area contributed by atoms with Gasteiger partial charge in [-0.15, -0.1) is 11.6 Å². The van der Waals surface area contributed by atoms with Crippen LogP contribution < -0.4 is 10.6 Å². The van der Waals surface area contributed by atoms with Crippen LogP contribution in [-0.2, 0) is 4.79 Å². The molecule has 2 aromatic rings. The molecule has 1 saturated heterocycles. The van der Waals surface area contributed by atoms with Gasteiger partial charge in [0.1, 0.15) is 16.4 Å². The van der Waals surface area contributed by atoms with Crippen molar-refractivity contribution in [2.45, 2.75) is 37.6 Å². The van der Waals surface area contributed by atoms with Crippen molar-refractivity contribution in [3.05, 3.63) is 46.6 Å². The molecular formula is C21H24BrClN4O3. The maximum atomic E-state index is 13.0. The van der Waals surface area contributed by atoms with Crippen molar-refractivity contribution >= 4 is 50.9 Å². The number of amides is 2. The van der Waals surface area contributed by atoms with Crippen LogP contribution in [0.4, 0.5) is 11.5 Å². The molecule has 1 fully saturated rings. The monoisotopic (exact) mass is 494 g/mol. The number of carbonyl (C=O) groups is 2. The van der Waals surface area contributed by atoms with Crippen LogP contribution in [0.15, 0.2) is 41.0 Å². The number of aromatic hydroxyl groups is 1. The van der Waals surface area contributed by atoms with E-state index in [0.717, 1.165) is 4.47 Å². The summed E-state index contributed by atoms with van der Waals surface area (Å²) in [6, 6.07) is 8.23. The number of hydrogen-bond acceptors (Lipinski definition) is 5. The van der Waals surface area contributed by atoms with Crippen molar-refractivity contribution in [2.24, 2.45) is 0 Å². The highest BCUT2D eigenvalue weighted by Crippen LogP contribution is 2.34. The molecule has 1 aliphatic rings. The van der Waals surface area contributed by atoms with Crippen LogP contribution in [0.3, 0.4) is 0 Å². The number of carbonyl (C=O) groups excluding carboxylic acids is 2. The largest absolute Gasteiger partial charge is 0.506 e. The molecule has 160 valence electrons. The van der Waals surface area contributed by atoms with Crippen LogP contribution in [-0.4, -0.2) is 50.8 Å². The number of likely N-dealkylation sites (tertiary alicyclic amines) is 1. The second-order valence-corrected chi connectivity index (χ2v) is 9.20. The highest BCUT2D eigenvalue weighted by molar-refractivity contribution is 9.10. The highest BCUT2D eigenvalue weighted by Gasteiger charge is 2.40. The Hall–Kier alpha value is -2.16. The number of alkyl halides is 1. The highest BCUT2D eigenvalue weighted by atomic mass is 79.9. The lowest BCUT2D eigenvalue weighted by atomic mass is 9.93. The van der Waals surface area contributed by atoms with E-state index < -0.39 is 16.7 Å². The number of pyridine rings is 1. The number of nitrogens with one attached hydrogen (secondary N) is 2. The Morgan fingerprint density at radius 1 is 1.20 bits per heavy atom. The molecule has 0 radical (unpaired) electrons. The predicted octanol–water partition coefficient (Wildman–Crippen LogP) is 4.22. The molecule has 2 amide bonds. The topological polar surface area (TPSA) is 94.6 Å². The summed E-state index contributed by atoms with van der Waals surface area (Å²) < 4.78 is 0.779. The first-order valence-electron chi connectivity index (χ1n) is 9.69. The lowest BCUT2D eigenvalue weighted by molar-refractivity contribution is -0.120. The fourth-order valence-corrected chi connectivity index (χ4v) is 3.79. The summed E-state index contributed by atoms with van der Waals surface area (Å²) in [5.41, 5.74) is 0.149. The summed E-state index contributed by atoms with van der Waals surface area (Å²) in [6.07, 6.45) is 2.52. The third-order valence-corrected chi connectivity index (χ3v) is 6.24. The van der Waals surface area contributed by atoms with Crippen molar-refractivity contribution in [3.8, 4) is 5.75 Å². The molecule has 0 aliphatic carbocycles. The molecule has 0 saturated carbocycles. The molecule has 3 N–H and O–H groups in total. The maximum Gasteiger partial charge on any atom is 0.259 e. The Morgan fingerprint density at radius 3 is 2.50 bits per heavy atom. The normalized spacial score (nSPS) is 16.3. The average Bonchev–Trinajstić information content (AvgIpc) is 2.71. The maximum absolute atomic E-state index is 13.0. The van der Waals surface area contributed by atoms with Crippen LogP contribution in [0.2, 0.25) is 0 Å². The quantitative estimate of drug-likeness (QED) is 0.426. The Labute approximate surface area is 188 Å². The van der Waals surface area contributed by atoms with Crippen LogP contribution >= 0.6 is 27.5 Å². The molecule has 9 heteroatoms. The third kappa shape index (κ3) is 5.11. The van der Waals surface area contributed by atoms with Crippen molar-refractivity contribution in [1.82, 2.24) is 9.88 Å². The van der Waals surface area contributed by atoms with Gasteiger partial charge < -0.3 is 20.6 Å². The first kappa shape index (κ1) is 22.5. The van der Waals surface area contributed by atoms with Gasteiger partial charge >= 0.3 is 0 Å². The zero-order valence-corrected chi connectivity index (χ0v) is 19.1. The lowest BCUT2D eigenvalue weighted by Gasteiger charge is -2.38. The van der Waals surface area contributed by atoms with Gasteiger partial charge in [0, 0.05) is 29.8 Å². The van der Waals surface area contributed by atoms with Gasteiger partial charge in [-0.2, -0.15) is 0 Å². The van der Waals surface area contributed by atoms with Crippen molar-refractivity contribution in [2.75, 3.05) is 23.7 Å². The van der Waals surface area contributed by atoms with E-state index in [2.05, 4.69) is 50.3 Å². The van der Waals surface area contributed by atoms with E-state index in [9.17, 15) is 14.7 Å². The summed E-state index contributed by atoms with van der Waals surface area (Å²) in [6.45, 7) is 5.62. The molecule has 1 aliphatic heterocycles. The minimum Gasteiger partial charge on any atom is -0.506 e. The number of phenols is 1. The molecule has 30 heavy (non-hydrogen) atoms. The van der Waals surface area contributed by atoms with Gasteiger partial charge in [-0.1, -0.05) is 6.07 Å². The first-order chi connectivity index (χ1) is 14.2. The van der Waals surface area contributed by atoms with Gasteiger partial charge in [0.2, 0.25) is 5.91 Å². The van der Waals surface area contributed by atoms with E-state index in [1.54, 1.807) is 18.3 Å². The van der Waals surface area contributed by atoms with Crippen LogP contribution in [0, 0.1) is 0 Å². The number of aromatic nitrogens is 1. The minimum atomic E-state index is -1.09. The van der Waals surface area contributed by atoms with Gasteiger partial charge in [-0.05, 0) is 66.9 Å². The molecule has 1 aromatic heterocycles. The standard InChI is InChI=1S/C21H24BrClN4O3/c1-13(2)27-10-8-21(23,9-11-27)20(30)26-18-15(4-3-5-16(18)28)19(29)25-17-7-6-14(22)12-24-17/h3-7,12-13,28H,8-11H2,1-2H3,(H,26,30)(H,24,25,29). The Morgan fingerprint density at radius 2 is 1.90 bits per heavy atom. The number of hydrogen-bond donors (Lipinski definition) is 3. The fraction of sp³-hybridized carbons (Fsp3) is 0.381. The SMILES string of the molecule is CC(C)N1CCC(Cl)(C(=O)Nc2c(O)cccc2C(=O)Nc2ccc(Br)cn2)CC1. The lowest BCUT2D eigenvalue weighted by Crippen LogP contribution is -2.49. The second-order valence-electron chi connectivity index (χ2n) is 7.56. The summed E-state index contributed by atoms with van der Waals surface area (Å²) in [5, 5.41) is 15.7. The molecule has 1 aromatic carbocycles. The summed E-state index contributed by atoms with van der Waals surface area (Å²) in [7, 11) is 0. The Balaban J connectivity index is 1.77. The molecular weight excluding hydrogens is 472 g/mol.